The van der Waals surface area contributed by atoms with E-state index in [1.54, 1.807) is 0 Å². The highest BCUT2D eigenvalue weighted by Crippen LogP contribution is 2.17. The predicted molar refractivity (Wildman–Crippen MR) is 86.7 cm³/mol. The van der Waals surface area contributed by atoms with E-state index < -0.39 is 0 Å². The van der Waals surface area contributed by atoms with Gasteiger partial charge in [0.25, 0.3) is 0 Å². The lowest BCUT2D eigenvalue weighted by Crippen LogP contribution is -1.96. The van der Waals surface area contributed by atoms with Crippen molar-refractivity contribution in [2.45, 2.75) is 33.3 Å². The van der Waals surface area contributed by atoms with Crippen molar-refractivity contribution in [3.8, 4) is 11.8 Å². The van der Waals surface area contributed by atoms with Crippen LogP contribution in [0.25, 0.3) is 0 Å². The van der Waals surface area contributed by atoms with Crippen LogP contribution in [0.5, 0.6) is 0 Å². The third-order valence-electron chi connectivity index (χ3n) is 2.94. The van der Waals surface area contributed by atoms with E-state index in [0.717, 1.165) is 35.1 Å². The van der Waals surface area contributed by atoms with Gasteiger partial charge in [0, 0.05) is 11.1 Å². The smallest absolute Gasteiger partial charge is 0.0681 e. The predicted octanol–water partition coefficient (Wildman–Crippen LogP) is 2.37. The van der Waals surface area contributed by atoms with Gasteiger partial charge >= 0.3 is 0 Å². The minimum Gasteiger partial charge on any atom is -0.412 e. The first-order valence-corrected chi connectivity index (χ1v) is 7.03. The van der Waals surface area contributed by atoms with E-state index in [0.29, 0.717) is 0 Å². The van der Waals surface area contributed by atoms with Gasteiger partial charge in [0.05, 0.1) is 13.2 Å². The number of aliphatic hydroxyl groups excluding tert-OH is 2. The number of hydrogen-bond acceptors (Lipinski definition) is 2. The second kappa shape index (κ2) is 10.9. The van der Waals surface area contributed by atoms with E-state index in [1.165, 1.54) is 0 Å². The maximum atomic E-state index is 8.98. The average Bonchev–Trinajstić information content (AvgIpc) is 2.55. The summed E-state index contributed by atoms with van der Waals surface area (Å²) in [5.41, 5.74) is 4.00. The molecule has 0 spiro atoms. The number of hydrogen-bond donors (Lipinski definition) is 2. The molecule has 4 N–H and O–H groups in total. The van der Waals surface area contributed by atoms with Crippen molar-refractivity contribution in [1.82, 2.24) is 0 Å². The molecule has 0 aromatic heterocycles. The van der Waals surface area contributed by atoms with Crippen molar-refractivity contribution in [2.24, 2.45) is 0 Å². The van der Waals surface area contributed by atoms with E-state index in [-0.39, 0.29) is 18.7 Å². The maximum absolute atomic E-state index is 8.98. The van der Waals surface area contributed by atoms with Crippen LogP contribution < -0.4 is 0 Å². The minimum atomic E-state index is 0. The Morgan fingerprint density at radius 3 is 2.05 bits per heavy atom. The molecule has 3 heteroatoms. The molecule has 1 aromatic rings. The van der Waals surface area contributed by atoms with Gasteiger partial charge in [0.1, 0.15) is 0 Å². The van der Waals surface area contributed by atoms with Crippen LogP contribution in [0.1, 0.15) is 37.8 Å². The molecule has 0 heterocycles. The maximum Gasteiger partial charge on any atom is 0.0681 e. The van der Waals surface area contributed by atoms with Crippen LogP contribution in [-0.2, 0) is 6.61 Å². The van der Waals surface area contributed by atoms with Crippen LogP contribution in [0.3, 0.4) is 0 Å². The molecule has 0 fully saturated rings. The molecule has 0 saturated carbocycles. The topological polar surface area (TPSA) is 72.0 Å². The molecule has 0 atom stereocenters. The van der Waals surface area contributed by atoms with Gasteiger partial charge in [-0.3, -0.25) is 0 Å². The highest BCUT2D eigenvalue weighted by atomic mass is 16.3. The zero-order chi connectivity index (χ0) is 14.8. The zero-order valence-electron chi connectivity index (χ0n) is 12.7. The fraction of sp³-hybridized carbons (Fsp3) is 0.333. The molecule has 1 aromatic carbocycles. The molecule has 0 aliphatic heterocycles. The van der Waals surface area contributed by atoms with Crippen LogP contribution in [0, 0.1) is 11.8 Å². The van der Waals surface area contributed by atoms with Gasteiger partial charge in [0.15, 0.2) is 0 Å². The molecule has 0 unspecified atom stereocenters. The summed E-state index contributed by atoms with van der Waals surface area (Å²) in [5, 5.41) is 17.9. The van der Waals surface area contributed by atoms with Gasteiger partial charge in [-0.2, -0.15) is 0 Å². The Kier molecular flexibility index (Phi) is 9.91. The Hall–Kier alpha value is -1.86. The van der Waals surface area contributed by atoms with Crippen molar-refractivity contribution in [2.75, 3.05) is 6.61 Å². The number of allylic oxidation sites excluding steroid dienone is 3. The Morgan fingerprint density at radius 1 is 0.905 bits per heavy atom. The first kappa shape index (κ1) is 19.1. The normalized spacial score (nSPS) is 12.6. The standard InChI is InChI=1S/C16H16O2.C2H6.H2O/c17-11-15-7-3-13(4-8-15)1-2-14-5-9-16(12-18)10-6-14;1-2;/h3-5,7-9,17-18H,6,10-12H2;1-2H3;1H2. The van der Waals surface area contributed by atoms with Crippen LogP contribution in [0.2, 0.25) is 0 Å². The first-order chi connectivity index (χ1) is 9.81. The number of rotatable bonds is 2. The molecule has 2 rings (SSSR count). The summed E-state index contributed by atoms with van der Waals surface area (Å²) in [6.45, 7) is 4.20. The summed E-state index contributed by atoms with van der Waals surface area (Å²) in [5.74, 6) is 6.25. The van der Waals surface area contributed by atoms with Gasteiger partial charge in [-0.15, -0.1) is 0 Å². The minimum absolute atomic E-state index is 0. The van der Waals surface area contributed by atoms with Crippen LogP contribution >= 0.6 is 0 Å². The van der Waals surface area contributed by atoms with Crippen LogP contribution in [0.4, 0.5) is 0 Å². The van der Waals surface area contributed by atoms with E-state index in [1.807, 2.05) is 50.3 Å². The SMILES string of the molecule is CC.O.OCC1=CC=C(C#Cc2ccc(CO)cc2)CC1. The molecule has 0 saturated heterocycles. The van der Waals surface area contributed by atoms with Crippen molar-refractivity contribution in [3.05, 3.63) is 58.7 Å². The largest absolute Gasteiger partial charge is 0.412 e. The summed E-state index contributed by atoms with van der Waals surface area (Å²) >= 11 is 0. The summed E-state index contributed by atoms with van der Waals surface area (Å²) in [6.07, 6.45) is 5.71. The Morgan fingerprint density at radius 2 is 1.57 bits per heavy atom. The van der Waals surface area contributed by atoms with Crippen LogP contribution in [-0.4, -0.2) is 22.3 Å². The quantitative estimate of drug-likeness (QED) is 0.820. The Balaban J connectivity index is 0.00000128. The highest BCUT2D eigenvalue weighted by molar-refractivity contribution is 5.44. The van der Waals surface area contributed by atoms with Crippen molar-refractivity contribution in [1.29, 1.82) is 0 Å². The Bertz CT molecular complexity index is 528. The number of aliphatic hydroxyl groups is 2. The van der Waals surface area contributed by atoms with Gasteiger partial charge in [-0.1, -0.05) is 50.0 Å². The summed E-state index contributed by atoms with van der Waals surface area (Å²) < 4.78 is 0. The second-order valence-electron chi connectivity index (χ2n) is 4.28. The van der Waals surface area contributed by atoms with Gasteiger partial charge < -0.3 is 15.7 Å². The third kappa shape index (κ3) is 6.42. The summed E-state index contributed by atoms with van der Waals surface area (Å²) in [6, 6.07) is 7.58. The lowest BCUT2D eigenvalue weighted by Gasteiger charge is -2.07. The monoisotopic (exact) mass is 288 g/mol. The van der Waals surface area contributed by atoms with E-state index >= 15 is 0 Å². The van der Waals surface area contributed by atoms with Crippen molar-refractivity contribution < 1.29 is 15.7 Å². The molecule has 0 radical (unpaired) electrons. The zero-order valence-corrected chi connectivity index (χ0v) is 12.7. The molecule has 0 bridgehead atoms. The van der Waals surface area contributed by atoms with E-state index in [9.17, 15) is 0 Å². The third-order valence-corrected chi connectivity index (χ3v) is 2.94. The highest BCUT2D eigenvalue weighted by Gasteiger charge is 2.02. The fourth-order valence-corrected chi connectivity index (χ4v) is 1.76. The Labute approximate surface area is 126 Å². The summed E-state index contributed by atoms with van der Waals surface area (Å²) in [7, 11) is 0. The lowest BCUT2D eigenvalue weighted by atomic mass is 9.99. The second-order valence-corrected chi connectivity index (χ2v) is 4.28. The molecule has 3 nitrogen and oxygen atoms in total. The van der Waals surface area contributed by atoms with Crippen molar-refractivity contribution in [3.63, 3.8) is 0 Å². The molecule has 114 valence electrons. The van der Waals surface area contributed by atoms with Crippen molar-refractivity contribution >= 4 is 0 Å². The fourth-order valence-electron chi connectivity index (χ4n) is 1.76. The summed E-state index contributed by atoms with van der Waals surface area (Å²) in [4.78, 5) is 0. The molecule has 0 amide bonds. The van der Waals surface area contributed by atoms with E-state index in [4.69, 9.17) is 10.2 Å². The average molecular weight is 288 g/mol. The molecule has 1 aliphatic rings. The lowest BCUT2D eigenvalue weighted by molar-refractivity contribution is 0.282. The molecule has 21 heavy (non-hydrogen) atoms. The molecular formula is C18H24O3. The molecular weight excluding hydrogens is 264 g/mol. The first-order valence-electron chi connectivity index (χ1n) is 7.03. The van der Waals surface area contributed by atoms with Gasteiger partial charge in [-0.25, -0.2) is 0 Å². The number of benzene rings is 1. The van der Waals surface area contributed by atoms with Crippen LogP contribution in [0.15, 0.2) is 47.6 Å². The van der Waals surface area contributed by atoms with Gasteiger partial charge in [0.2, 0.25) is 0 Å². The molecule has 1 aliphatic carbocycles. The van der Waals surface area contributed by atoms with E-state index in [2.05, 4.69) is 11.8 Å². The van der Waals surface area contributed by atoms with Gasteiger partial charge in [-0.05, 0) is 36.1 Å².